The maximum atomic E-state index is 12.7. The fourth-order valence-electron chi connectivity index (χ4n) is 3.15. The van der Waals surface area contributed by atoms with Crippen LogP contribution in [0.5, 0.6) is 11.5 Å². The number of benzene rings is 2. The molecule has 3 rings (SSSR count). The fraction of sp³-hybridized carbons (Fsp3) is 0.227. The van der Waals surface area contributed by atoms with Gasteiger partial charge in [0.25, 0.3) is 0 Å². The highest BCUT2D eigenvalue weighted by Gasteiger charge is 2.32. The van der Waals surface area contributed by atoms with Gasteiger partial charge in [0.15, 0.2) is 17.2 Å². The van der Waals surface area contributed by atoms with Crippen molar-refractivity contribution in [2.75, 3.05) is 21.3 Å². The highest BCUT2D eigenvalue weighted by atomic mass is 16.5. The average molecular weight is 410 g/mol. The van der Waals surface area contributed by atoms with Gasteiger partial charge in [-0.2, -0.15) is 5.10 Å². The van der Waals surface area contributed by atoms with E-state index >= 15 is 0 Å². The molecular weight excluding hydrogens is 388 g/mol. The Kier molecular flexibility index (Phi) is 6.06. The highest BCUT2D eigenvalue weighted by molar-refractivity contribution is 6.07. The summed E-state index contributed by atoms with van der Waals surface area (Å²) in [6.07, 6.45) is 0.653. The molecule has 2 aromatic carbocycles. The number of carbonyl (C=O) groups excluding carboxylic acids is 2. The third-order valence-electron chi connectivity index (χ3n) is 4.67. The molecule has 8 heteroatoms. The largest absolute Gasteiger partial charge is 0.504 e. The van der Waals surface area contributed by atoms with Crippen molar-refractivity contribution in [3.63, 3.8) is 0 Å². The lowest BCUT2D eigenvalue weighted by Gasteiger charge is -2.11. The Morgan fingerprint density at radius 2 is 1.70 bits per heavy atom. The maximum absolute atomic E-state index is 12.7. The second-order valence-corrected chi connectivity index (χ2v) is 6.35. The molecule has 1 N–H and O–H groups in total. The number of aryl methyl sites for hydroxylation is 1. The van der Waals surface area contributed by atoms with Gasteiger partial charge in [-0.05, 0) is 36.2 Å². The summed E-state index contributed by atoms with van der Waals surface area (Å²) < 4.78 is 16.4. The Bertz CT molecular complexity index is 1090. The van der Waals surface area contributed by atoms with Crippen molar-refractivity contribution in [3.8, 4) is 28.4 Å². The molecule has 1 aromatic heterocycles. The van der Waals surface area contributed by atoms with E-state index in [1.54, 1.807) is 36.4 Å². The van der Waals surface area contributed by atoms with Crippen LogP contribution in [-0.4, -0.2) is 48.2 Å². The molecule has 0 spiro atoms. The predicted molar refractivity (Wildman–Crippen MR) is 109 cm³/mol. The van der Waals surface area contributed by atoms with E-state index in [4.69, 9.17) is 14.2 Å². The minimum Gasteiger partial charge on any atom is -0.504 e. The van der Waals surface area contributed by atoms with E-state index in [-0.39, 0.29) is 34.0 Å². The number of hydrogen-bond acceptors (Lipinski definition) is 7. The number of phenols is 1. The van der Waals surface area contributed by atoms with E-state index in [1.807, 2.05) is 13.0 Å². The Morgan fingerprint density at radius 1 is 1.03 bits per heavy atom. The van der Waals surface area contributed by atoms with Crippen molar-refractivity contribution in [2.45, 2.75) is 13.3 Å². The van der Waals surface area contributed by atoms with Gasteiger partial charge in [-0.15, -0.1) is 0 Å². The molecule has 30 heavy (non-hydrogen) atoms. The van der Waals surface area contributed by atoms with Gasteiger partial charge in [-0.1, -0.05) is 25.1 Å². The van der Waals surface area contributed by atoms with E-state index < -0.39 is 11.9 Å². The van der Waals surface area contributed by atoms with E-state index in [2.05, 4.69) is 5.10 Å². The van der Waals surface area contributed by atoms with Crippen molar-refractivity contribution < 1.29 is 28.9 Å². The molecule has 0 aliphatic rings. The van der Waals surface area contributed by atoms with Crippen LogP contribution in [0.2, 0.25) is 0 Å². The minimum absolute atomic E-state index is 0.0807. The van der Waals surface area contributed by atoms with Gasteiger partial charge >= 0.3 is 11.9 Å². The number of phenolic OH excluding ortho intramolecular Hbond substituents is 1. The minimum atomic E-state index is -0.784. The summed E-state index contributed by atoms with van der Waals surface area (Å²) in [6.45, 7) is 1.94. The number of para-hydroxylation sites is 1. The lowest BCUT2D eigenvalue weighted by Crippen LogP contribution is -2.15. The molecule has 3 aromatic rings. The second kappa shape index (κ2) is 8.69. The Hall–Kier alpha value is -3.81. The first-order valence-corrected chi connectivity index (χ1v) is 9.22. The van der Waals surface area contributed by atoms with Gasteiger partial charge in [0, 0.05) is 5.56 Å². The lowest BCUT2D eigenvalue weighted by atomic mass is 10.0. The summed E-state index contributed by atoms with van der Waals surface area (Å²) in [7, 11) is 3.85. The molecule has 0 atom stereocenters. The zero-order valence-electron chi connectivity index (χ0n) is 17.1. The summed E-state index contributed by atoms with van der Waals surface area (Å²) >= 11 is 0. The Balaban J connectivity index is 2.43. The smallest absolute Gasteiger partial charge is 0.357 e. The molecule has 8 nitrogen and oxygen atoms in total. The van der Waals surface area contributed by atoms with Crippen molar-refractivity contribution in [1.29, 1.82) is 0 Å². The number of nitrogens with zero attached hydrogens (tertiary/aromatic N) is 2. The Morgan fingerprint density at radius 3 is 2.27 bits per heavy atom. The van der Waals surface area contributed by atoms with Crippen LogP contribution in [-0.2, 0) is 15.9 Å². The van der Waals surface area contributed by atoms with Crippen LogP contribution in [0.1, 0.15) is 33.3 Å². The van der Waals surface area contributed by atoms with E-state index in [0.29, 0.717) is 12.1 Å². The second-order valence-electron chi connectivity index (χ2n) is 6.35. The topological polar surface area (TPSA) is 99.9 Å². The molecule has 0 radical (unpaired) electrons. The normalized spacial score (nSPS) is 10.5. The number of carbonyl (C=O) groups is 2. The van der Waals surface area contributed by atoms with Crippen LogP contribution in [0.3, 0.4) is 0 Å². The van der Waals surface area contributed by atoms with E-state index in [0.717, 1.165) is 5.56 Å². The number of rotatable bonds is 6. The zero-order valence-corrected chi connectivity index (χ0v) is 17.1. The van der Waals surface area contributed by atoms with Gasteiger partial charge in [0.05, 0.1) is 27.0 Å². The summed E-state index contributed by atoms with van der Waals surface area (Å²) in [6, 6.07) is 12.2. The number of aromatic nitrogens is 2. The number of aromatic hydroxyl groups is 1. The number of esters is 2. The number of methoxy groups -OCH3 is 3. The summed E-state index contributed by atoms with van der Waals surface area (Å²) in [4.78, 5) is 25.4. The van der Waals surface area contributed by atoms with Crippen LogP contribution < -0.4 is 4.74 Å². The monoisotopic (exact) mass is 410 g/mol. The fourth-order valence-corrected chi connectivity index (χ4v) is 3.15. The average Bonchev–Trinajstić information content (AvgIpc) is 3.19. The van der Waals surface area contributed by atoms with Crippen LogP contribution >= 0.6 is 0 Å². The van der Waals surface area contributed by atoms with Gasteiger partial charge < -0.3 is 19.3 Å². The number of hydrogen-bond donors (Lipinski definition) is 1. The van der Waals surface area contributed by atoms with Crippen LogP contribution in [0.15, 0.2) is 42.5 Å². The molecule has 0 saturated carbocycles. The summed E-state index contributed by atoms with van der Waals surface area (Å²) in [5.74, 6) is -1.52. The highest BCUT2D eigenvalue weighted by Crippen LogP contribution is 2.40. The molecule has 0 aliphatic carbocycles. The SMILES string of the molecule is CCc1cc(OC)c(O)c(-c2nn(-c3ccccc3)c(C(=O)OC)c2C(=O)OC)c1. The Labute approximate surface area is 173 Å². The van der Waals surface area contributed by atoms with Gasteiger partial charge in [-0.25, -0.2) is 14.3 Å². The molecule has 0 saturated heterocycles. The molecule has 0 unspecified atom stereocenters. The van der Waals surface area contributed by atoms with E-state index in [1.165, 1.54) is 26.0 Å². The first-order valence-electron chi connectivity index (χ1n) is 9.22. The lowest BCUT2D eigenvalue weighted by molar-refractivity contribution is 0.0549. The van der Waals surface area contributed by atoms with Crippen LogP contribution in [0.4, 0.5) is 0 Å². The van der Waals surface area contributed by atoms with Crippen LogP contribution in [0.25, 0.3) is 16.9 Å². The summed E-state index contributed by atoms with van der Waals surface area (Å²) in [5.41, 5.74) is 1.49. The third kappa shape index (κ3) is 3.59. The first-order chi connectivity index (χ1) is 14.5. The van der Waals surface area contributed by atoms with Gasteiger partial charge in [0.1, 0.15) is 11.3 Å². The molecule has 1 heterocycles. The molecule has 0 amide bonds. The van der Waals surface area contributed by atoms with Crippen molar-refractivity contribution >= 4 is 11.9 Å². The zero-order chi connectivity index (χ0) is 21.8. The molecular formula is C22H22N2O6. The standard InChI is InChI=1S/C22H22N2O6/c1-5-13-11-15(20(25)16(12-13)28-2)18-17(21(26)29-3)19(22(27)30-4)24(23-18)14-9-7-6-8-10-14/h6-12,25H,5H2,1-4H3. The van der Waals surface area contributed by atoms with Gasteiger partial charge in [-0.3, -0.25) is 0 Å². The molecule has 0 bridgehead atoms. The van der Waals surface area contributed by atoms with E-state index in [9.17, 15) is 14.7 Å². The molecule has 0 fully saturated rings. The van der Waals surface area contributed by atoms with Crippen molar-refractivity contribution in [2.24, 2.45) is 0 Å². The van der Waals surface area contributed by atoms with Crippen LogP contribution in [0, 0.1) is 0 Å². The first kappa shape index (κ1) is 20.9. The quantitative estimate of drug-likeness (QED) is 0.622. The van der Waals surface area contributed by atoms with Crippen molar-refractivity contribution in [1.82, 2.24) is 9.78 Å². The predicted octanol–water partition coefficient (Wildman–Crippen LogP) is 3.39. The number of ether oxygens (including phenoxy) is 3. The third-order valence-corrected chi connectivity index (χ3v) is 4.67. The molecule has 156 valence electrons. The maximum Gasteiger partial charge on any atom is 0.357 e. The summed E-state index contributed by atoms with van der Waals surface area (Å²) in [5, 5.41) is 15.3. The van der Waals surface area contributed by atoms with Crippen molar-refractivity contribution in [3.05, 3.63) is 59.3 Å². The van der Waals surface area contributed by atoms with Gasteiger partial charge in [0.2, 0.25) is 0 Å². The molecule has 0 aliphatic heterocycles.